The molecular weight excluding hydrogens is 260 g/mol. The Balaban J connectivity index is 2.15. The summed E-state index contributed by atoms with van der Waals surface area (Å²) in [7, 11) is 3.87. The van der Waals surface area contributed by atoms with Crippen LogP contribution in [0.4, 0.5) is 14.5 Å². The van der Waals surface area contributed by atoms with Crippen LogP contribution in [-0.2, 0) is 0 Å². The summed E-state index contributed by atoms with van der Waals surface area (Å²) in [4.78, 5) is 9.12. The minimum atomic E-state index is -0.661. The number of aromatic nitrogens is 2. The number of halogens is 2. The molecule has 0 spiro atoms. The van der Waals surface area contributed by atoms with E-state index in [-0.39, 0.29) is 5.52 Å². The van der Waals surface area contributed by atoms with E-state index in [4.69, 9.17) is 0 Å². The van der Waals surface area contributed by atoms with E-state index in [1.54, 1.807) is 0 Å². The smallest absolute Gasteiger partial charge is 0.153 e. The number of anilines is 1. The maximum atomic E-state index is 13.7. The molecule has 0 aliphatic rings. The number of hydrogen-bond acceptors (Lipinski definition) is 2. The molecular formula is C15H13F2N3. The molecule has 0 atom stereocenters. The third-order valence-corrected chi connectivity index (χ3v) is 3.14. The van der Waals surface area contributed by atoms with Gasteiger partial charge in [0.1, 0.15) is 17.2 Å². The normalized spacial score (nSPS) is 11.0. The number of nitrogens with one attached hydrogen (secondary N) is 1. The molecule has 3 aromatic rings. The summed E-state index contributed by atoms with van der Waals surface area (Å²) in [5, 5.41) is 0. The van der Waals surface area contributed by atoms with Gasteiger partial charge >= 0.3 is 0 Å². The summed E-state index contributed by atoms with van der Waals surface area (Å²) in [6, 6.07) is 9.75. The molecule has 0 unspecified atom stereocenters. The zero-order valence-electron chi connectivity index (χ0n) is 11.1. The molecule has 0 amide bonds. The molecule has 3 rings (SSSR count). The van der Waals surface area contributed by atoms with Crippen LogP contribution >= 0.6 is 0 Å². The molecule has 20 heavy (non-hydrogen) atoms. The lowest BCUT2D eigenvalue weighted by Crippen LogP contribution is -2.08. The standard InChI is InChI=1S/C15H13F2N3/c1-20(2)11-5-3-4-9(6-11)15-18-13-8-10(16)7-12(17)14(13)19-15/h3-8H,1-2H3,(H,18,19). The van der Waals surface area contributed by atoms with Crippen molar-refractivity contribution in [2.45, 2.75) is 0 Å². The fraction of sp³-hybridized carbons (Fsp3) is 0.133. The van der Waals surface area contributed by atoms with Crippen molar-refractivity contribution in [1.82, 2.24) is 9.97 Å². The van der Waals surface area contributed by atoms with Gasteiger partial charge in [-0.1, -0.05) is 12.1 Å². The van der Waals surface area contributed by atoms with Crippen LogP contribution in [0.5, 0.6) is 0 Å². The van der Waals surface area contributed by atoms with Crippen LogP contribution in [0.1, 0.15) is 0 Å². The van der Waals surface area contributed by atoms with Gasteiger partial charge in [-0.05, 0) is 18.2 Å². The first kappa shape index (κ1) is 12.6. The van der Waals surface area contributed by atoms with E-state index >= 15 is 0 Å². The average Bonchev–Trinajstić information content (AvgIpc) is 2.83. The van der Waals surface area contributed by atoms with Crippen molar-refractivity contribution >= 4 is 16.7 Å². The van der Waals surface area contributed by atoms with Crippen LogP contribution in [0.2, 0.25) is 0 Å². The SMILES string of the molecule is CN(C)c1cccc(-c2nc3c(F)cc(F)cc3[nH]2)c1. The second kappa shape index (κ2) is 4.59. The maximum Gasteiger partial charge on any atom is 0.153 e. The van der Waals surface area contributed by atoms with E-state index in [0.717, 1.165) is 17.3 Å². The topological polar surface area (TPSA) is 31.9 Å². The Morgan fingerprint density at radius 3 is 2.65 bits per heavy atom. The molecule has 0 saturated carbocycles. The van der Waals surface area contributed by atoms with Gasteiger partial charge in [-0.3, -0.25) is 0 Å². The number of nitrogens with zero attached hydrogens (tertiary/aromatic N) is 2. The van der Waals surface area contributed by atoms with Crippen LogP contribution < -0.4 is 4.90 Å². The van der Waals surface area contributed by atoms with Gasteiger partial charge in [0.2, 0.25) is 0 Å². The highest BCUT2D eigenvalue weighted by molar-refractivity contribution is 5.80. The van der Waals surface area contributed by atoms with Gasteiger partial charge in [0.15, 0.2) is 5.82 Å². The van der Waals surface area contributed by atoms with Gasteiger partial charge in [0.25, 0.3) is 0 Å². The monoisotopic (exact) mass is 273 g/mol. The Hall–Kier alpha value is -2.43. The van der Waals surface area contributed by atoms with Crippen LogP contribution in [0, 0.1) is 11.6 Å². The molecule has 5 heteroatoms. The minimum Gasteiger partial charge on any atom is -0.378 e. The Morgan fingerprint density at radius 2 is 1.90 bits per heavy atom. The molecule has 0 saturated heterocycles. The van der Waals surface area contributed by atoms with Crippen LogP contribution in [0.3, 0.4) is 0 Å². The van der Waals surface area contributed by atoms with Gasteiger partial charge in [-0.2, -0.15) is 0 Å². The molecule has 0 aliphatic carbocycles. The molecule has 0 fully saturated rings. The van der Waals surface area contributed by atoms with Gasteiger partial charge in [-0.25, -0.2) is 13.8 Å². The Kier molecular flexibility index (Phi) is 2.89. The number of H-pyrrole nitrogens is 1. The lowest BCUT2D eigenvalue weighted by atomic mass is 10.2. The van der Waals surface area contributed by atoms with Crippen molar-refractivity contribution in [2.75, 3.05) is 19.0 Å². The molecule has 0 aliphatic heterocycles. The number of hydrogen-bond donors (Lipinski definition) is 1. The molecule has 1 aromatic heterocycles. The van der Waals surface area contributed by atoms with Crippen LogP contribution in [0.25, 0.3) is 22.4 Å². The van der Waals surface area contributed by atoms with Gasteiger partial charge in [0.05, 0.1) is 5.52 Å². The van der Waals surface area contributed by atoms with E-state index < -0.39 is 11.6 Å². The van der Waals surface area contributed by atoms with E-state index in [2.05, 4.69) is 9.97 Å². The fourth-order valence-corrected chi connectivity index (χ4v) is 2.11. The number of aromatic amines is 1. The number of benzene rings is 2. The summed E-state index contributed by atoms with van der Waals surface area (Å²) >= 11 is 0. The fourth-order valence-electron chi connectivity index (χ4n) is 2.11. The highest BCUT2D eigenvalue weighted by Crippen LogP contribution is 2.25. The molecule has 0 radical (unpaired) electrons. The predicted octanol–water partition coefficient (Wildman–Crippen LogP) is 3.57. The van der Waals surface area contributed by atoms with Crippen LogP contribution in [0.15, 0.2) is 36.4 Å². The van der Waals surface area contributed by atoms with Crippen molar-refractivity contribution in [3.05, 3.63) is 48.0 Å². The number of imidazole rings is 1. The average molecular weight is 273 g/mol. The minimum absolute atomic E-state index is 0.150. The second-order valence-corrected chi connectivity index (χ2v) is 4.81. The largest absolute Gasteiger partial charge is 0.378 e. The molecule has 102 valence electrons. The van der Waals surface area contributed by atoms with Crippen molar-refractivity contribution in [2.24, 2.45) is 0 Å². The molecule has 0 bridgehead atoms. The van der Waals surface area contributed by atoms with Gasteiger partial charge in [-0.15, -0.1) is 0 Å². The summed E-state index contributed by atoms with van der Waals surface area (Å²) in [5.41, 5.74) is 2.34. The summed E-state index contributed by atoms with van der Waals surface area (Å²) < 4.78 is 26.8. The first-order valence-corrected chi connectivity index (χ1v) is 6.17. The summed E-state index contributed by atoms with van der Waals surface area (Å²) in [6.45, 7) is 0. The number of fused-ring (bicyclic) bond motifs is 1. The van der Waals surface area contributed by atoms with Crippen molar-refractivity contribution in [1.29, 1.82) is 0 Å². The lowest BCUT2D eigenvalue weighted by molar-refractivity contribution is 0.591. The summed E-state index contributed by atoms with van der Waals surface area (Å²) in [5.74, 6) is -0.758. The quantitative estimate of drug-likeness (QED) is 0.774. The third kappa shape index (κ3) is 2.11. The first-order valence-electron chi connectivity index (χ1n) is 6.17. The maximum absolute atomic E-state index is 13.7. The first-order chi connectivity index (χ1) is 9.54. The van der Waals surface area contributed by atoms with E-state index in [0.29, 0.717) is 11.3 Å². The Bertz CT molecular complexity index is 778. The van der Waals surface area contributed by atoms with Gasteiger partial charge in [0, 0.05) is 31.4 Å². The second-order valence-electron chi connectivity index (χ2n) is 4.81. The lowest BCUT2D eigenvalue weighted by Gasteiger charge is -2.12. The Labute approximate surface area is 114 Å². The molecule has 2 aromatic carbocycles. The van der Waals surface area contributed by atoms with Crippen LogP contribution in [-0.4, -0.2) is 24.1 Å². The molecule has 1 heterocycles. The van der Waals surface area contributed by atoms with Crippen molar-refractivity contribution in [3.8, 4) is 11.4 Å². The molecule has 3 nitrogen and oxygen atoms in total. The Morgan fingerprint density at radius 1 is 1.10 bits per heavy atom. The highest BCUT2D eigenvalue weighted by atomic mass is 19.1. The summed E-state index contributed by atoms with van der Waals surface area (Å²) in [6.07, 6.45) is 0. The van der Waals surface area contributed by atoms with E-state index in [1.807, 2.05) is 43.3 Å². The van der Waals surface area contributed by atoms with Gasteiger partial charge < -0.3 is 9.88 Å². The molecule has 1 N–H and O–H groups in total. The zero-order chi connectivity index (χ0) is 14.3. The van der Waals surface area contributed by atoms with Crippen molar-refractivity contribution < 1.29 is 8.78 Å². The highest BCUT2D eigenvalue weighted by Gasteiger charge is 2.11. The van der Waals surface area contributed by atoms with E-state index in [1.165, 1.54) is 6.07 Å². The predicted molar refractivity (Wildman–Crippen MR) is 75.8 cm³/mol. The van der Waals surface area contributed by atoms with Crippen molar-refractivity contribution in [3.63, 3.8) is 0 Å². The zero-order valence-corrected chi connectivity index (χ0v) is 11.1. The third-order valence-electron chi connectivity index (χ3n) is 3.14. The number of rotatable bonds is 2. The van der Waals surface area contributed by atoms with E-state index in [9.17, 15) is 8.78 Å².